The fraction of sp³-hybridized carbons (Fsp3) is 0.500. The Balaban J connectivity index is 2.00. The van der Waals surface area contributed by atoms with Crippen molar-refractivity contribution in [2.45, 2.75) is 31.8 Å². The molecule has 0 radical (unpaired) electrons. The molecule has 114 valence electrons. The van der Waals surface area contributed by atoms with Gasteiger partial charge in [-0.1, -0.05) is 24.4 Å². The van der Waals surface area contributed by atoms with Gasteiger partial charge in [-0.3, -0.25) is 14.9 Å². The number of nitro groups is 1. The minimum absolute atomic E-state index is 0.000692. The number of carbonyl (C=O) groups is 1. The number of halogens is 1. The lowest BCUT2D eigenvalue weighted by Crippen LogP contribution is -2.36. The molecule has 1 amide bonds. The van der Waals surface area contributed by atoms with Crippen molar-refractivity contribution in [2.24, 2.45) is 5.92 Å². The topological polar surface area (TPSA) is 92.5 Å². The van der Waals surface area contributed by atoms with Crippen LogP contribution in [0.25, 0.3) is 0 Å². The number of aliphatic hydroxyl groups excluding tert-OH is 1. The monoisotopic (exact) mass is 312 g/mol. The van der Waals surface area contributed by atoms with E-state index in [0.717, 1.165) is 31.7 Å². The molecule has 0 saturated heterocycles. The van der Waals surface area contributed by atoms with E-state index in [4.69, 9.17) is 11.6 Å². The van der Waals surface area contributed by atoms with E-state index >= 15 is 0 Å². The van der Waals surface area contributed by atoms with Crippen molar-refractivity contribution in [1.29, 1.82) is 0 Å². The summed E-state index contributed by atoms with van der Waals surface area (Å²) in [4.78, 5) is 22.2. The van der Waals surface area contributed by atoms with Crippen molar-refractivity contribution in [3.8, 4) is 0 Å². The van der Waals surface area contributed by atoms with Crippen LogP contribution in [0.3, 0.4) is 0 Å². The zero-order valence-corrected chi connectivity index (χ0v) is 12.2. The zero-order valence-electron chi connectivity index (χ0n) is 11.4. The maximum absolute atomic E-state index is 12.0. The third-order valence-electron chi connectivity index (χ3n) is 3.80. The molecule has 0 aliphatic heterocycles. The number of hydrogen-bond acceptors (Lipinski definition) is 4. The third kappa shape index (κ3) is 3.92. The van der Waals surface area contributed by atoms with Crippen molar-refractivity contribution >= 4 is 23.2 Å². The van der Waals surface area contributed by atoms with E-state index in [1.165, 1.54) is 12.1 Å². The molecule has 0 spiro atoms. The van der Waals surface area contributed by atoms with Gasteiger partial charge >= 0.3 is 0 Å². The first kappa shape index (κ1) is 15.7. The highest BCUT2D eigenvalue weighted by molar-refractivity contribution is 6.32. The first-order valence-electron chi connectivity index (χ1n) is 6.89. The Morgan fingerprint density at radius 3 is 2.81 bits per heavy atom. The Morgan fingerprint density at radius 1 is 1.43 bits per heavy atom. The Bertz CT molecular complexity index is 550. The molecule has 21 heavy (non-hydrogen) atoms. The number of hydrogen-bond donors (Lipinski definition) is 2. The van der Waals surface area contributed by atoms with Crippen LogP contribution in [-0.2, 0) is 0 Å². The summed E-state index contributed by atoms with van der Waals surface area (Å²) in [6.07, 6.45) is 3.30. The highest BCUT2D eigenvalue weighted by Crippen LogP contribution is 2.26. The van der Waals surface area contributed by atoms with Gasteiger partial charge in [0, 0.05) is 24.1 Å². The van der Waals surface area contributed by atoms with Crippen LogP contribution in [0.4, 0.5) is 5.69 Å². The van der Waals surface area contributed by atoms with E-state index in [0.29, 0.717) is 6.54 Å². The Hall–Kier alpha value is -1.66. The summed E-state index contributed by atoms with van der Waals surface area (Å²) in [5, 5.41) is 23.4. The molecule has 2 N–H and O–H groups in total. The molecule has 6 nitrogen and oxygen atoms in total. The van der Waals surface area contributed by atoms with E-state index in [-0.39, 0.29) is 22.2 Å². The Kier molecular flexibility index (Phi) is 5.14. The summed E-state index contributed by atoms with van der Waals surface area (Å²) < 4.78 is 0. The van der Waals surface area contributed by atoms with Gasteiger partial charge in [0.05, 0.1) is 11.0 Å². The average molecular weight is 313 g/mol. The molecule has 0 aromatic heterocycles. The van der Waals surface area contributed by atoms with E-state index in [1.54, 1.807) is 0 Å². The molecule has 1 aromatic carbocycles. The zero-order chi connectivity index (χ0) is 15.4. The minimum atomic E-state index is -0.621. The van der Waals surface area contributed by atoms with Gasteiger partial charge in [0.25, 0.3) is 11.6 Å². The molecular formula is C14H17ClN2O4. The molecule has 1 fully saturated rings. The molecule has 0 bridgehead atoms. The molecule has 7 heteroatoms. The number of nitro benzene ring substituents is 1. The summed E-state index contributed by atoms with van der Waals surface area (Å²) >= 11 is 5.71. The first-order valence-corrected chi connectivity index (χ1v) is 7.27. The molecule has 1 saturated carbocycles. The molecule has 0 heterocycles. The maximum atomic E-state index is 12.0. The van der Waals surface area contributed by atoms with Crippen LogP contribution in [0, 0.1) is 16.0 Å². The highest BCUT2D eigenvalue weighted by atomic mass is 35.5. The number of carbonyl (C=O) groups excluding carboxylic acids is 1. The minimum Gasteiger partial charge on any atom is -0.393 e. The van der Waals surface area contributed by atoms with Gasteiger partial charge in [-0.2, -0.15) is 0 Å². The normalized spacial score (nSPS) is 21.8. The third-order valence-corrected chi connectivity index (χ3v) is 4.12. The van der Waals surface area contributed by atoms with E-state index < -0.39 is 16.9 Å². The lowest BCUT2D eigenvalue weighted by Gasteiger charge is -2.27. The predicted molar refractivity (Wildman–Crippen MR) is 78.4 cm³/mol. The maximum Gasteiger partial charge on any atom is 0.288 e. The van der Waals surface area contributed by atoms with Gasteiger partial charge in [-0.05, 0) is 25.0 Å². The quantitative estimate of drug-likeness (QED) is 0.660. The van der Waals surface area contributed by atoms with Crippen LogP contribution in [0.1, 0.15) is 36.0 Å². The van der Waals surface area contributed by atoms with Gasteiger partial charge in [-0.15, -0.1) is 0 Å². The molecule has 2 unspecified atom stereocenters. The Labute approximate surface area is 127 Å². The predicted octanol–water partition coefficient (Wildman–Crippen LogP) is 2.53. The van der Waals surface area contributed by atoms with Crippen LogP contribution in [0.5, 0.6) is 0 Å². The lowest BCUT2D eigenvalue weighted by molar-refractivity contribution is -0.384. The fourth-order valence-corrected chi connectivity index (χ4v) is 2.73. The fourth-order valence-electron chi connectivity index (χ4n) is 2.55. The molecule has 2 rings (SSSR count). The van der Waals surface area contributed by atoms with Crippen LogP contribution in [0.2, 0.25) is 5.02 Å². The van der Waals surface area contributed by atoms with Crippen LogP contribution < -0.4 is 5.32 Å². The van der Waals surface area contributed by atoms with Gasteiger partial charge in [-0.25, -0.2) is 0 Å². The van der Waals surface area contributed by atoms with E-state index in [9.17, 15) is 20.0 Å². The number of aliphatic hydroxyl groups is 1. The van der Waals surface area contributed by atoms with Crippen molar-refractivity contribution in [3.63, 3.8) is 0 Å². The second-order valence-corrected chi connectivity index (χ2v) is 5.65. The molecule has 1 aliphatic rings. The van der Waals surface area contributed by atoms with E-state index in [1.807, 2.05) is 0 Å². The summed E-state index contributed by atoms with van der Waals surface area (Å²) in [5.41, 5.74) is -0.0987. The number of amides is 1. The van der Waals surface area contributed by atoms with Gasteiger partial charge in [0.15, 0.2) is 0 Å². The first-order chi connectivity index (χ1) is 9.99. The van der Waals surface area contributed by atoms with Gasteiger partial charge in [0.2, 0.25) is 0 Å². The van der Waals surface area contributed by atoms with E-state index in [2.05, 4.69) is 5.32 Å². The summed E-state index contributed by atoms with van der Waals surface area (Å²) in [7, 11) is 0. The summed E-state index contributed by atoms with van der Waals surface area (Å²) in [5.74, 6) is -0.350. The van der Waals surface area contributed by atoms with Gasteiger partial charge in [0.1, 0.15) is 5.02 Å². The number of rotatable bonds is 4. The second kappa shape index (κ2) is 6.87. The van der Waals surface area contributed by atoms with Crippen LogP contribution in [0.15, 0.2) is 18.2 Å². The smallest absolute Gasteiger partial charge is 0.288 e. The molecular weight excluding hydrogens is 296 g/mol. The lowest BCUT2D eigenvalue weighted by atomic mass is 9.86. The van der Waals surface area contributed by atoms with Crippen LogP contribution >= 0.6 is 11.6 Å². The van der Waals surface area contributed by atoms with Crippen molar-refractivity contribution in [3.05, 3.63) is 38.9 Å². The standard InChI is InChI=1S/C14H17ClN2O4/c15-11-6-5-9(7-12(11)17(20)21)14(19)16-8-10-3-1-2-4-13(10)18/h5-7,10,13,18H,1-4,8H2,(H,16,19). The van der Waals surface area contributed by atoms with Crippen LogP contribution in [-0.4, -0.2) is 28.6 Å². The molecule has 1 aliphatic carbocycles. The number of benzene rings is 1. The van der Waals surface area contributed by atoms with Crippen molar-refractivity contribution < 1.29 is 14.8 Å². The van der Waals surface area contributed by atoms with Gasteiger partial charge < -0.3 is 10.4 Å². The molecule has 1 aromatic rings. The summed E-state index contributed by atoms with van der Waals surface area (Å²) in [6, 6.07) is 3.95. The highest BCUT2D eigenvalue weighted by Gasteiger charge is 2.24. The SMILES string of the molecule is O=C(NCC1CCCCC1O)c1ccc(Cl)c([N+](=O)[O-])c1. The second-order valence-electron chi connectivity index (χ2n) is 5.25. The van der Waals surface area contributed by atoms with Crippen molar-refractivity contribution in [2.75, 3.05) is 6.54 Å². The summed E-state index contributed by atoms with van der Waals surface area (Å²) in [6.45, 7) is 0.371. The largest absolute Gasteiger partial charge is 0.393 e. The molecule has 2 atom stereocenters. The van der Waals surface area contributed by atoms with Crippen molar-refractivity contribution in [1.82, 2.24) is 5.32 Å². The number of nitrogens with one attached hydrogen (secondary N) is 1. The number of nitrogens with zero attached hydrogens (tertiary/aromatic N) is 1. The average Bonchev–Trinajstić information content (AvgIpc) is 2.46. The Morgan fingerprint density at radius 2 is 2.14 bits per heavy atom.